The van der Waals surface area contributed by atoms with Crippen molar-refractivity contribution in [1.29, 1.82) is 0 Å². The summed E-state index contributed by atoms with van der Waals surface area (Å²) in [5.41, 5.74) is 2.76. The van der Waals surface area contributed by atoms with Gasteiger partial charge in [-0.05, 0) is 74.9 Å². The molecular weight excluding hydrogens is 412 g/mol. The third kappa shape index (κ3) is 6.33. The minimum Gasteiger partial charge on any atom is -0.491 e. The SMILES string of the molecule is Cc1ccc(S(=O)(=O)Nc2ccc(C(=O)NCc3ccc(OC(C)C)cc3)cc2)cc1. The van der Waals surface area contributed by atoms with E-state index in [0.29, 0.717) is 17.8 Å². The van der Waals surface area contributed by atoms with Crippen molar-refractivity contribution in [2.24, 2.45) is 0 Å². The number of rotatable bonds is 8. The summed E-state index contributed by atoms with van der Waals surface area (Å²) < 4.78 is 33.1. The fraction of sp³-hybridized carbons (Fsp3) is 0.208. The van der Waals surface area contributed by atoms with Crippen molar-refractivity contribution in [3.63, 3.8) is 0 Å². The van der Waals surface area contributed by atoms with Crippen LogP contribution in [0.15, 0.2) is 77.7 Å². The van der Waals surface area contributed by atoms with Crippen molar-refractivity contribution < 1.29 is 17.9 Å². The molecule has 0 radical (unpaired) electrons. The first-order valence-electron chi connectivity index (χ1n) is 9.96. The third-order valence-electron chi connectivity index (χ3n) is 4.48. The molecule has 6 nitrogen and oxygen atoms in total. The molecule has 0 spiro atoms. The maximum atomic E-state index is 12.5. The average molecular weight is 439 g/mol. The van der Waals surface area contributed by atoms with Crippen LogP contribution in [-0.2, 0) is 16.6 Å². The Hall–Kier alpha value is -3.32. The topological polar surface area (TPSA) is 84.5 Å². The Kier molecular flexibility index (Phi) is 6.97. The second-order valence-electron chi connectivity index (χ2n) is 7.49. The number of benzene rings is 3. The fourth-order valence-electron chi connectivity index (χ4n) is 2.86. The Labute approximate surface area is 183 Å². The first kappa shape index (κ1) is 22.4. The van der Waals surface area contributed by atoms with E-state index >= 15 is 0 Å². The first-order chi connectivity index (χ1) is 14.7. The molecule has 3 aromatic rings. The van der Waals surface area contributed by atoms with Gasteiger partial charge in [-0.15, -0.1) is 0 Å². The molecule has 0 fully saturated rings. The third-order valence-corrected chi connectivity index (χ3v) is 5.88. The van der Waals surface area contributed by atoms with E-state index in [9.17, 15) is 13.2 Å². The molecule has 3 rings (SSSR count). The summed E-state index contributed by atoms with van der Waals surface area (Å²) in [4.78, 5) is 12.6. The number of carbonyl (C=O) groups excluding carboxylic acids is 1. The van der Waals surface area contributed by atoms with Crippen molar-refractivity contribution >= 4 is 21.6 Å². The van der Waals surface area contributed by atoms with E-state index in [1.54, 1.807) is 48.5 Å². The van der Waals surface area contributed by atoms with Crippen LogP contribution in [0.3, 0.4) is 0 Å². The lowest BCUT2D eigenvalue weighted by Gasteiger charge is -2.11. The molecule has 0 heterocycles. The normalized spacial score (nSPS) is 11.2. The van der Waals surface area contributed by atoms with Gasteiger partial charge >= 0.3 is 0 Å². The van der Waals surface area contributed by atoms with E-state index in [1.165, 1.54) is 0 Å². The molecule has 0 saturated heterocycles. The number of hydrogen-bond donors (Lipinski definition) is 2. The van der Waals surface area contributed by atoms with Crippen LogP contribution >= 0.6 is 0 Å². The quantitative estimate of drug-likeness (QED) is 0.542. The highest BCUT2D eigenvalue weighted by Crippen LogP contribution is 2.18. The molecule has 3 aromatic carbocycles. The van der Waals surface area contributed by atoms with E-state index in [-0.39, 0.29) is 16.9 Å². The van der Waals surface area contributed by atoms with Gasteiger partial charge in [0.15, 0.2) is 0 Å². The lowest BCUT2D eigenvalue weighted by molar-refractivity contribution is 0.0951. The monoisotopic (exact) mass is 438 g/mol. The highest BCUT2D eigenvalue weighted by Gasteiger charge is 2.14. The van der Waals surface area contributed by atoms with E-state index in [0.717, 1.165) is 16.9 Å². The highest BCUT2D eigenvalue weighted by atomic mass is 32.2. The van der Waals surface area contributed by atoms with Crippen LogP contribution in [0.1, 0.15) is 35.3 Å². The summed E-state index contributed by atoms with van der Waals surface area (Å²) in [6, 6.07) is 20.5. The molecule has 2 N–H and O–H groups in total. The minimum atomic E-state index is -3.68. The molecule has 1 amide bonds. The molecule has 0 bridgehead atoms. The van der Waals surface area contributed by atoms with Crippen molar-refractivity contribution in [3.05, 3.63) is 89.5 Å². The van der Waals surface area contributed by atoms with Crippen LogP contribution < -0.4 is 14.8 Å². The largest absolute Gasteiger partial charge is 0.491 e. The zero-order valence-corrected chi connectivity index (χ0v) is 18.6. The van der Waals surface area contributed by atoms with Crippen LogP contribution in [0.5, 0.6) is 5.75 Å². The molecule has 0 aliphatic heterocycles. The Morgan fingerprint density at radius 3 is 2.10 bits per heavy atom. The van der Waals surface area contributed by atoms with Gasteiger partial charge in [0.25, 0.3) is 15.9 Å². The molecule has 0 aliphatic rings. The summed E-state index contributed by atoms with van der Waals surface area (Å²) in [6.07, 6.45) is 0.106. The van der Waals surface area contributed by atoms with Gasteiger partial charge in [0.1, 0.15) is 5.75 Å². The fourth-order valence-corrected chi connectivity index (χ4v) is 3.92. The van der Waals surface area contributed by atoms with E-state index < -0.39 is 10.0 Å². The molecule has 7 heteroatoms. The Morgan fingerprint density at radius 2 is 1.52 bits per heavy atom. The van der Waals surface area contributed by atoms with Crippen LogP contribution in [0, 0.1) is 6.92 Å². The van der Waals surface area contributed by atoms with Gasteiger partial charge in [0.2, 0.25) is 0 Å². The number of aryl methyl sites for hydroxylation is 1. The molecule has 0 aromatic heterocycles. The van der Waals surface area contributed by atoms with Crippen LogP contribution in [0.4, 0.5) is 5.69 Å². The van der Waals surface area contributed by atoms with Gasteiger partial charge in [0, 0.05) is 17.8 Å². The Morgan fingerprint density at radius 1 is 0.903 bits per heavy atom. The molecule has 0 aliphatic carbocycles. The van der Waals surface area contributed by atoms with E-state index in [4.69, 9.17) is 4.74 Å². The molecule has 0 atom stereocenters. The maximum absolute atomic E-state index is 12.5. The predicted octanol–water partition coefficient (Wildman–Crippen LogP) is 4.51. The van der Waals surface area contributed by atoms with Gasteiger partial charge in [-0.25, -0.2) is 8.42 Å². The molecule has 0 unspecified atom stereocenters. The summed E-state index contributed by atoms with van der Waals surface area (Å²) >= 11 is 0. The summed E-state index contributed by atoms with van der Waals surface area (Å²) in [5.74, 6) is 0.546. The van der Waals surface area contributed by atoms with Crippen LogP contribution in [0.25, 0.3) is 0 Å². The number of hydrogen-bond acceptors (Lipinski definition) is 4. The summed E-state index contributed by atoms with van der Waals surface area (Å²) in [7, 11) is -3.68. The van der Waals surface area contributed by atoms with E-state index in [1.807, 2.05) is 45.0 Å². The van der Waals surface area contributed by atoms with Crippen molar-refractivity contribution in [2.75, 3.05) is 4.72 Å². The van der Waals surface area contributed by atoms with Gasteiger partial charge in [0.05, 0.1) is 11.0 Å². The van der Waals surface area contributed by atoms with Crippen LogP contribution in [-0.4, -0.2) is 20.4 Å². The molecular formula is C24H26N2O4S. The van der Waals surface area contributed by atoms with Crippen molar-refractivity contribution in [3.8, 4) is 5.75 Å². The number of amides is 1. The zero-order chi connectivity index (χ0) is 22.4. The second kappa shape index (κ2) is 9.66. The number of carbonyl (C=O) groups is 1. The summed E-state index contributed by atoms with van der Waals surface area (Å²) in [5, 5.41) is 2.86. The van der Waals surface area contributed by atoms with Crippen molar-refractivity contribution in [2.45, 2.75) is 38.3 Å². The van der Waals surface area contributed by atoms with Gasteiger partial charge in [-0.1, -0.05) is 29.8 Å². The number of sulfonamides is 1. The number of ether oxygens (including phenoxy) is 1. The Balaban J connectivity index is 1.58. The summed E-state index contributed by atoms with van der Waals surface area (Å²) in [6.45, 7) is 6.20. The molecule has 162 valence electrons. The minimum absolute atomic E-state index is 0.106. The average Bonchev–Trinajstić information content (AvgIpc) is 2.73. The van der Waals surface area contributed by atoms with Gasteiger partial charge in [-0.3, -0.25) is 9.52 Å². The first-order valence-corrected chi connectivity index (χ1v) is 11.4. The lowest BCUT2D eigenvalue weighted by atomic mass is 10.1. The Bertz CT molecular complexity index is 1120. The van der Waals surface area contributed by atoms with E-state index in [2.05, 4.69) is 10.0 Å². The van der Waals surface area contributed by atoms with Gasteiger partial charge < -0.3 is 10.1 Å². The number of nitrogens with one attached hydrogen (secondary N) is 2. The highest BCUT2D eigenvalue weighted by molar-refractivity contribution is 7.92. The number of anilines is 1. The molecule has 31 heavy (non-hydrogen) atoms. The predicted molar refractivity (Wildman–Crippen MR) is 122 cm³/mol. The van der Waals surface area contributed by atoms with Crippen LogP contribution in [0.2, 0.25) is 0 Å². The van der Waals surface area contributed by atoms with Gasteiger partial charge in [-0.2, -0.15) is 0 Å². The van der Waals surface area contributed by atoms with Crippen molar-refractivity contribution in [1.82, 2.24) is 5.32 Å². The lowest BCUT2D eigenvalue weighted by Crippen LogP contribution is -2.22. The zero-order valence-electron chi connectivity index (χ0n) is 17.8. The second-order valence-corrected chi connectivity index (χ2v) is 9.17. The smallest absolute Gasteiger partial charge is 0.261 e. The maximum Gasteiger partial charge on any atom is 0.261 e. The molecule has 0 saturated carbocycles. The standard InChI is InChI=1S/C24H26N2O4S/c1-17(2)30-22-12-6-19(7-13-22)16-25-24(27)20-8-10-21(11-9-20)26-31(28,29)23-14-4-18(3)5-15-23/h4-15,17,26H,16H2,1-3H3,(H,25,27).